The molecule has 0 atom stereocenters. The fourth-order valence-corrected chi connectivity index (χ4v) is 1.44. The van der Waals surface area contributed by atoms with E-state index in [-0.39, 0.29) is 17.0 Å². The zero-order valence-corrected chi connectivity index (χ0v) is 13.0. The summed E-state index contributed by atoms with van der Waals surface area (Å²) in [6, 6.07) is 5.37. The fourth-order valence-electron chi connectivity index (χ4n) is 1.44. The van der Waals surface area contributed by atoms with Gasteiger partial charge in [-0.1, -0.05) is 26.8 Å². The van der Waals surface area contributed by atoms with Crippen LogP contribution in [0.5, 0.6) is 0 Å². The topological polar surface area (TPSA) is 101 Å². The molecule has 0 spiro atoms. The van der Waals surface area contributed by atoms with Crippen molar-refractivity contribution in [2.45, 2.75) is 27.7 Å². The summed E-state index contributed by atoms with van der Waals surface area (Å²) in [5.74, 6) is -0.609. The summed E-state index contributed by atoms with van der Waals surface area (Å²) in [4.78, 5) is 33.8. The first-order valence-corrected chi connectivity index (χ1v) is 6.65. The number of nitro groups is 1. The second kappa shape index (κ2) is 6.84. The molecule has 1 amide bonds. The number of hydrazine groups is 1. The van der Waals surface area contributed by atoms with Crippen molar-refractivity contribution in [2.24, 2.45) is 5.41 Å². The molecular formula is C15H19N3O4. The summed E-state index contributed by atoms with van der Waals surface area (Å²) >= 11 is 0. The number of benzene rings is 1. The number of ketones is 1. The van der Waals surface area contributed by atoms with Crippen LogP contribution in [0.2, 0.25) is 0 Å². The Kier molecular flexibility index (Phi) is 5.39. The second-order valence-electron chi connectivity index (χ2n) is 5.83. The maximum atomic E-state index is 11.9. The van der Waals surface area contributed by atoms with Crippen molar-refractivity contribution < 1.29 is 14.5 Å². The molecule has 1 rings (SSSR count). The van der Waals surface area contributed by atoms with Gasteiger partial charge in [0.1, 0.15) is 0 Å². The Morgan fingerprint density at radius 3 is 2.41 bits per heavy atom. The lowest BCUT2D eigenvalue weighted by molar-refractivity contribution is -0.384. The van der Waals surface area contributed by atoms with E-state index in [2.05, 4.69) is 10.9 Å². The van der Waals surface area contributed by atoms with Crippen molar-refractivity contribution in [3.05, 3.63) is 51.7 Å². The van der Waals surface area contributed by atoms with Crippen LogP contribution in [0.25, 0.3) is 0 Å². The number of nitrogens with one attached hydrogen (secondary N) is 2. The summed E-state index contributed by atoms with van der Waals surface area (Å²) in [6.07, 6.45) is 1.40. The number of nitro benzene ring substituents is 1. The molecule has 1 aromatic carbocycles. The predicted molar refractivity (Wildman–Crippen MR) is 81.9 cm³/mol. The summed E-state index contributed by atoms with van der Waals surface area (Å²) < 4.78 is 0. The molecule has 0 aliphatic carbocycles. The first-order chi connectivity index (χ1) is 10.1. The number of allylic oxidation sites excluding steroid dienone is 2. The first kappa shape index (κ1) is 17.4. The molecule has 0 fully saturated rings. The summed E-state index contributed by atoms with van der Waals surface area (Å²) in [6.45, 7) is 7.01. The number of amides is 1. The van der Waals surface area contributed by atoms with Gasteiger partial charge >= 0.3 is 0 Å². The van der Waals surface area contributed by atoms with Gasteiger partial charge in [-0.3, -0.25) is 25.1 Å². The molecule has 7 nitrogen and oxygen atoms in total. The van der Waals surface area contributed by atoms with E-state index in [1.54, 1.807) is 27.7 Å². The average molecular weight is 305 g/mol. The van der Waals surface area contributed by atoms with E-state index in [9.17, 15) is 19.7 Å². The average Bonchev–Trinajstić information content (AvgIpc) is 2.43. The van der Waals surface area contributed by atoms with Crippen LogP contribution >= 0.6 is 0 Å². The first-order valence-electron chi connectivity index (χ1n) is 6.65. The largest absolute Gasteiger partial charge is 0.303 e. The van der Waals surface area contributed by atoms with Crippen LogP contribution in [0.1, 0.15) is 38.1 Å². The standard InChI is InChI=1S/C15H19N3O4/c1-10(8-13(19)15(2,3)4)16-17-14(20)11-6-5-7-12(9-11)18(21)22/h5-9,16H,1-4H3,(H,17,20). The van der Waals surface area contributed by atoms with Gasteiger partial charge in [-0.05, 0) is 13.0 Å². The maximum Gasteiger partial charge on any atom is 0.270 e. The van der Waals surface area contributed by atoms with Crippen LogP contribution in [-0.4, -0.2) is 16.6 Å². The summed E-state index contributed by atoms with van der Waals surface area (Å²) in [5.41, 5.74) is 4.94. The number of carbonyl (C=O) groups is 2. The quantitative estimate of drug-likeness (QED) is 0.494. The number of rotatable bonds is 5. The third-order valence-corrected chi connectivity index (χ3v) is 2.78. The van der Waals surface area contributed by atoms with Crippen molar-refractivity contribution in [1.82, 2.24) is 10.9 Å². The van der Waals surface area contributed by atoms with E-state index in [4.69, 9.17) is 0 Å². The molecule has 0 aliphatic rings. The van der Waals surface area contributed by atoms with Gasteiger partial charge in [-0.15, -0.1) is 0 Å². The van der Waals surface area contributed by atoms with Crippen molar-refractivity contribution in [1.29, 1.82) is 0 Å². The highest BCUT2D eigenvalue weighted by atomic mass is 16.6. The van der Waals surface area contributed by atoms with E-state index < -0.39 is 16.2 Å². The number of nitrogens with zero attached hydrogens (tertiary/aromatic N) is 1. The Balaban J connectivity index is 2.70. The van der Waals surface area contributed by atoms with Gasteiger partial charge in [0.15, 0.2) is 5.78 Å². The Hall–Kier alpha value is -2.70. The number of carbonyl (C=O) groups excluding carboxylic acids is 2. The molecule has 0 unspecified atom stereocenters. The van der Waals surface area contributed by atoms with Gasteiger partial charge < -0.3 is 5.43 Å². The van der Waals surface area contributed by atoms with Crippen molar-refractivity contribution in [2.75, 3.05) is 0 Å². The Morgan fingerprint density at radius 1 is 1.23 bits per heavy atom. The van der Waals surface area contributed by atoms with Gasteiger partial charge in [-0.25, -0.2) is 0 Å². The highest BCUT2D eigenvalue weighted by Gasteiger charge is 2.19. The van der Waals surface area contributed by atoms with Crippen LogP contribution in [0, 0.1) is 15.5 Å². The molecule has 0 bridgehead atoms. The third-order valence-electron chi connectivity index (χ3n) is 2.78. The number of hydrogen-bond donors (Lipinski definition) is 2. The summed E-state index contributed by atoms with van der Waals surface area (Å²) in [7, 11) is 0. The van der Waals surface area contributed by atoms with E-state index in [0.29, 0.717) is 5.70 Å². The normalized spacial score (nSPS) is 11.7. The second-order valence-corrected chi connectivity index (χ2v) is 5.83. The van der Waals surface area contributed by atoms with Crippen molar-refractivity contribution in [3.63, 3.8) is 0 Å². The minimum Gasteiger partial charge on any atom is -0.303 e. The van der Waals surface area contributed by atoms with Gasteiger partial charge in [-0.2, -0.15) is 0 Å². The molecule has 118 valence electrons. The molecular weight excluding hydrogens is 286 g/mol. The lowest BCUT2D eigenvalue weighted by Crippen LogP contribution is -2.36. The van der Waals surface area contributed by atoms with E-state index in [1.165, 1.54) is 30.3 Å². The lowest BCUT2D eigenvalue weighted by Gasteiger charge is -2.15. The molecule has 0 aliphatic heterocycles. The van der Waals surface area contributed by atoms with Gasteiger partial charge in [0.2, 0.25) is 0 Å². The van der Waals surface area contributed by atoms with Crippen LogP contribution in [0.4, 0.5) is 5.69 Å². The van der Waals surface area contributed by atoms with Crippen molar-refractivity contribution >= 4 is 17.4 Å². The summed E-state index contributed by atoms with van der Waals surface area (Å²) in [5, 5.41) is 10.7. The zero-order chi connectivity index (χ0) is 16.9. The Bertz CT molecular complexity index is 630. The zero-order valence-electron chi connectivity index (χ0n) is 13.0. The molecule has 22 heavy (non-hydrogen) atoms. The number of hydrogen-bond acceptors (Lipinski definition) is 5. The van der Waals surface area contributed by atoms with E-state index in [0.717, 1.165) is 0 Å². The Labute approximate surface area is 128 Å². The molecule has 0 saturated heterocycles. The molecule has 1 aromatic rings. The van der Waals surface area contributed by atoms with Gasteiger partial charge in [0.05, 0.1) is 4.92 Å². The molecule has 0 saturated carbocycles. The fraction of sp³-hybridized carbons (Fsp3) is 0.333. The lowest BCUT2D eigenvalue weighted by atomic mass is 9.90. The number of non-ortho nitro benzene ring substituents is 1. The van der Waals surface area contributed by atoms with E-state index in [1.807, 2.05) is 0 Å². The highest BCUT2D eigenvalue weighted by molar-refractivity contribution is 5.95. The molecule has 7 heteroatoms. The van der Waals surface area contributed by atoms with Crippen LogP contribution in [0.3, 0.4) is 0 Å². The smallest absolute Gasteiger partial charge is 0.270 e. The highest BCUT2D eigenvalue weighted by Crippen LogP contribution is 2.15. The van der Waals surface area contributed by atoms with Crippen LogP contribution < -0.4 is 10.9 Å². The minimum absolute atomic E-state index is 0.0814. The third kappa shape index (κ3) is 5.01. The predicted octanol–water partition coefficient (Wildman–Crippen LogP) is 2.35. The van der Waals surface area contributed by atoms with Gasteiger partial charge in [0.25, 0.3) is 11.6 Å². The van der Waals surface area contributed by atoms with Crippen LogP contribution in [-0.2, 0) is 4.79 Å². The van der Waals surface area contributed by atoms with E-state index >= 15 is 0 Å². The molecule has 0 radical (unpaired) electrons. The van der Waals surface area contributed by atoms with Gasteiger partial charge in [0, 0.05) is 34.9 Å². The van der Waals surface area contributed by atoms with Crippen molar-refractivity contribution in [3.8, 4) is 0 Å². The SMILES string of the molecule is CC(=CC(=O)C(C)(C)C)NNC(=O)c1cccc([N+](=O)[O-])c1. The Morgan fingerprint density at radius 2 is 1.86 bits per heavy atom. The monoisotopic (exact) mass is 305 g/mol. The van der Waals surface area contributed by atoms with Crippen LogP contribution in [0.15, 0.2) is 36.0 Å². The molecule has 0 heterocycles. The minimum atomic E-state index is -0.572. The molecule has 2 N–H and O–H groups in total. The maximum absolute atomic E-state index is 11.9. The molecule has 0 aromatic heterocycles.